The molecule has 2 fully saturated rings. The molecule has 132 valence electrons. The summed E-state index contributed by atoms with van der Waals surface area (Å²) in [6.07, 6.45) is 6.83. The van der Waals surface area contributed by atoms with Gasteiger partial charge in [-0.2, -0.15) is 0 Å². The summed E-state index contributed by atoms with van der Waals surface area (Å²) >= 11 is 6.14. The largest absolute Gasteiger partial charge is 0.352 e. The van der Waals surface area contributed by atoms with E-state index in [1.807, 2.05) is 0 Å². The van der Waals surface area contributed by atoms with E-state index in [1.165, 1.54) is 25.3 Å². The van der Waals surface area contributed by atoms with Crippen LogP contribution in [-0.2, 0) is 11.3 Å². The summed E-state index contributed by atoms with van der Waals surface area (Å²) in [7, 11) is 0. The van der Waals surface area contributed by atoms with E-state index in [0.717, 1.165) is 19.3 Å². The van der Waals surface area contributed by atoms with Gasteiger partial charge in [0.2, 0.25) is 5.91 Å². The number of nitrogens with one attached hydrogen (secondary N) is 1. The zero-order chi connectivity index (χ0) is 17.1. The van der Waals surface area contributed by atoms with Crippen molar-refractivity contribution in [1.29, 1.82) is 0 Å². The maximum absolute atomic E-state index is 14.0. The highest BCUT2D eigenvalue weighted by Gasteiger charge is 2.32. The van der Waals surface area contributed by atoms with Crippen LogP contribution in [0.3, 0.4) is 0 Å². The molecule has 2 atom stereocenters. The second-order valence-electron chi connectivity index (χ2n) is 7.27. The summed E-state index contributed by atoms with van der Waals surface area (Å²) < 4.78 is 14.0. The molecule has 0 saturated heterocycles. The fourth-order valence-corrected chi connectivity index (χ4v) is 3.83. The number of benzene rings is 1. The zero-order valence-corrected chi connectivity index (χ0v) is 15.0. The highest BCUT2D eigenvalue weighted by atomic mass is 35.5. The number of amides is 1. The minimum atomic E-state index is -0.297. The summed E-state index contributed by atoms with van der Waals surface area (Å²) in [4.78, 5) is 14.5. The summed E-state index contributed by atoms with van der Waals surface area (Å²) in [5.74, 6) is 0.292. The topological polar surface area (TPSA) is 32.3 Å². The van der Waals surface area contributed by atoms with Gasteiger partial charge in [0.1, 0.15) is 5.82 Å². The number of rotatable bonds is 6. The Bertz CT molecular complexity index is 570. The summed E-state index contributed by atoms with van der Waals surface area (Å²) in [5.41, 5.74) is 0.491. The highest BCUT2D eigenvalue weighted by molar-refractivity contribution is 6.31. The number of hydrogen-bond acceptors (Lipinski definition) is 2. The molecule has 5 heteroatoms. The van der Waals surface area contributed by atoms with Crippen molar-refractivity contribution < 1.29 is 9.18 Å². The lowest BCUT2D eigenvalue weighted by atomic mass is 9.86. The van der Waals surface area contributed by atoms with E-state index in [2.05, 4.69) is 17.1 Å². The molecule has 1 N–H and O–H groups in total. The van der Waals surface area contributed by atoms with Gasteiger partial charge in [0.05, 0.1) is 6.54 Å². The predicted octanol–water partition coefficient (Wildman–Crippen LogP) is 4.14. The monoisotopic (exact) mass is 352 g/mol. The molecule has 2 saturated carbocycles. The Kier molecular flexibility index (Phi) is 5.77. The first-order chi connectivity index (χ1) is 11.5. The van der Waals surface area contributed by atoms with Crippen molar-refractivity contribution in [2.75, 3.05) is 6.54 Å². The molecule has 0 radical (unpaired) electrons. The summed E-state index contributed by atoms with van der Waals surface area (Å²) in [5, 5.41) is 3.62. The van der Waals surface area contributed by atoms with Gasteiger partial charge < -0.3 is 5.32 Å². The Balaban J connectivity index is 1.61. The molecule has 1 aromatic carbocycles. The van der Waals surface area contributed by atoms with Gasteiger partial charge in [-0.05, 0) is 43.7 Å². The molecule has 24 heavy (non-hydrogen) atoms. The molecule has 1 amide bonds. The maximum Gasteiger partial charge on any atom is 0.234 e. The third-order valence-corrected chi connectivity index (χ3v) is 5.64. The van der Waals surface area contributed by atoms with E-state index < -0.39 is 0 Å². The Morgan fingerprint density at radius 3 is 2.71 bits per heavy atom. The van der Waals surface area contributed by atoms with Crippen LogP contribution in [0.2, 0.25) is 5.02 Å². The third-order valence-electron chi connectivity index (χ3n) is 5.29. The molecule has 3 nitrogen and oxygen atoms in total. The van der Waals surface area contributed by atoms with E-state index in [1.54, 1.807) is 12.1 Å². The molecule has 0 heterocycles. The second kappa shape index (κ2) is 7.83. The van der Waals surface area contributed by atoms with Crippen LogP contribution in [0.5, 0.6) is 0 Å². The lowest BCUT2D eigenvalue weighted by molar-refractivity contribution is -0.123. The van der Waals surface area contributed by atoms with E-state index in [-0.39, 0.29) is 17.8 Å². The molecule has 0 spiro atoms. The Morgan fingerprint density at radius 2 is 2.04 bits per heavy atom. The van der Waals surface area contributed by atoms with Crippen LogP contribution < -0.4 is 5.32 Å². The SMILES string of the molecule is C[C@@H]1CCCC[C@H]1NC(=O)CN(Cc1c(F)cccc1Cl)C1CC1. The van der Waals surface area contributed by atoms with Crippen LogP contribution >= 0.6 is 11.6 Å². The number of carbonyl (C=O) groups is 1. The van der Waals surface area contributed by atoms with Gasteiger partial charge in [-0.1, -0.05) is 37.4 Å². The first kappa shape index (κ1) is 17.7. The lowest BCUT2D eigenvalue weighted by Gasteiger charge is -2.30. The van der Waals surface area contributed by atoms with E-state index >= 15 is 0 Å². The molecule has 0 aromatic heterocycles. The lowest BCUT2D eigenvalue weighted by Crippen LogP contribution is -2.46. The zero-order valence-electron chi connectivity index (χ0n) is 14.2. The Labute approximate surface area is 148 Å². The predicted molar refractivity (Wildman–Crippen MR) is 94.4 cm³/mol. The van der Waals surface area contributed by atoms with Crippen LogP contribution in [-0.4, -0.2) is 29.4 Å². The molecule has 1 aromatic rings. The standard InChI is InChI=1S/C19H26ClFN2O/c1-13-5-2-3-8-18(13)22-19(24)12-23(14-9-10-14)11-15-16(20)6-4-7-17(15)21/h4,6-7,13-14,18H,2-3,5,8-12H2,1H3,(H,22,24)/t13-,18-/m1/s1. The highest BCUT2D eigenvalue weighted by Crippen LogP contribution is 2.30. The summed E-state index contributed by atoms with van der Waals surface area (Å²) in [6, 6.07) is 5.39. The molecule has 0 bridgehead atoms. The third kappa shape index (κ3) is 4.48. The van der Waals surface area contributed by atoms with Crippen LogP contribution in [0.15, 0.2) is 18.2 Å². The fraction of sp³-hybridized carbons (Fsp3) is 0.632. The molecule has 2 aliphatic rings. The first-order valence-electron chi connectivity index (χ1n) is 9.01. The molecular formula is C19H26ClFN2O. The Morgan fingerprint density at radius 1 is 1.29 bits per heavy atom. The van der Waals surface area contributed by atoms with Gasteiger partial charge in [-0.25, -0.2) is 4.39 Å². The molecule has 0 aliphatic heterocycles. The second-order valence-corrected chi connectivity index (χ2v) is 7.68. The van der Waals surface area contributed by atoms with Crippen molar-refractivity contribution in [2.24, 2.45) is 5.92 Å². The smallest absolute Gasteiger partial charge is 0.234 e. The van der Waals surface area contributed by atoms with Gasteiger partial charge in [-0.3, -0.25) is 9.69 Å². The quantitative estimate of drug-likeness (QED) is 0.834. The molecule has 2 aliphatic carbocycles. The van der Waals surface area contributed by atoms with Crippen LogP contribution in [0.25, 0.3) is 0 Å². The Hall–Kier alpha value is -1.13. The molecule has 3 rings (SSSR count). The van der Waals surface area contributed by atoms with E-state index in [9.17, 15) is 9.18 Å². The number of hydrogen-bond donors (Lipinski definition) is 1. The van der Waals surface area contributed by atoms with Crippen LogP contribution in [0.1, 0.15) is 51.0 Å². The van der Waals surface area contributed by atoms with Crippen LogP contribution in [0, 0.1) is 11.7 Å². The van der Waals surface area contributed by atoms with Crippen molar-refractivity contribution in [1.82, 2.24) is 10.2 Å². The molecule has 0 unspecified atom stereocenters. The van der Waals surface area contributed by atoms with Gasteiger partial charge in [0.15, 0.2) is 0 Å². The number of halogens is 2. The minimum Gasteiger partial charge on any atom is -0.352 e. The fourth-order valence-electron chi connectivity index (χ4n) is 3.61. The number of nitrogens with zero attached hydrogens (tertiary/aromatic N) is 1. The van der Waals surface area contributed by atoms with Crippen molar-refractivity contribution in [2.45, 2.75) is 64.1 Å². The average Bonchev–Trinajstić information content (AvgIpc) is 3.37. The van der Waals surface area contributed by atoms with Gasteiger partial charge in [-0.15, -0.1) is 0 Å². The number of carbonyl (C=O) groups excluding carboxylic acids is 1. The van der Waals surface area contributed by atoms with E-state index in [0.29, 0.717) is 35.6 Å². The normalized spacial score (nSPS) is 24.2. The van der Waals surface area contributed by atoms with Gasteiger partial charge >= 0.3 is 0 Å². The van der Waals surface area contributed by atoms with Crippen molar-refractivity contribution in [3.8, 4) is 0 Å². The van der Waals surface area contributed by atoms with Crippen molar-refractivity contribution in [3.63, 3.8) is 0 Å². The van der Waals surface area contributed by atoms with Gasteiger partial charge in [0.25, 0.3) is 0 Å². The van der Waals surface area contributed by atoms with Crippen LogP contribution in [0.4, 0.5) is 4.39 Å². The first-order valence-corrected chi connectivity index (χ1v) is 9.38. The van der Waals surface area contributed by atoms with E-state index in [4.69, 9.17) is 11.6 Å². The minimum absolute atomic E-state index is 0.0492. The maximum atomic E-state index is 14.0. The van der Waals surface area contributed by atoms with Crippen molar-refractivity contribution >= 4 is 17.5 Å². The van der Waals surface area contributed by atoms with Crippen molar-refractivity contribution in [3.05, 3.63) is 34.6 Å². The van der Waals surface area contributed by atoms with Gasteiger partial charge in [0, 0.05) is 29.2 Å². The molecular weight excluding hydrogens is 327 g/mol. The average molecular weight is 353 g/mol. The summed E-state index contributed by atoms with van der Waals surface area (Å²) in [6.45, 7) is 2.92.